The molecule has 0 radical (unpaired) electrons. The van der Waals surface area contributed by atoms with Crippen LogP contribution in [0.25, 0.3) is 0 Å². The zero-order valence-corrected chi connectivity index (χ0v) is 11.9. The van der Waals surface area contributed by atoms with Crippen molar-refractivity contribution in [2.45, 2.75) is 46.0 Å². The lowest BCUT2D eigenvalue weighted by atomic mass is 9.95. The molecular weight excluding hydrogens is 224 g/mol. The van der Waals surface area contributed by atoms with Gasteiger partial charge in [0.2, 0.25) is 0 Å². The van der Waals surface area contributed by atoms with E-state index >= 15 is 0 Å². The summed E-state index contributed by atoms with van der Waals surface area (Å²) in [7, 11) is 0. The first-order valence-corrected chi connectivity index (χ1v) is 6.76. The average molecular weight is 248 g/mol. The maximum Gasteiger partial charge on any atom is 0.138 e. The first-order valence-electron chi connectivity index (χ1n) is 6.76. The molecule has 0 aliphatic carbocycles. The Morgan fingerprint density at radius 1 is 1.33 bits per heavy atom. The van der Waals surface area contributed by atoms with Crippen LogP contribution in [0.5, 0.6) is 0 Å². The Bertz CT molecular complexity index is 422. The van der Waals surface area contributed by atoms with Crippen LogP contribution < -0.4 is 10.6 Å². The summed E-state index contributed by atoms with van der Waals surface area (Å²) in [5.41, 5.74) is 5.86. The van der Waals surface area contributed by atoms with E-state index in [0.717, 1.165) is 30.6 Å². The molecule has 1 aromatic rings. The minimum atomic E-state index is -0.0640. The molecule has 0 spiro atoms. The summed E-state index contributed by atoms with van der Waals surface area (Å²) >= 11 is 0. The van der Waals surface area contributed by atoms with Crippen LogP contribution in [0.1, 0.15) is 46.4 Å². The molecule has 0 bridgehead atoms. The van der Waals surface area contributed by atoms with Crippen molar-refractivity contribution in [2.24, 2.45) is 5.92 Å². The number of hydrogen-bond donors (Lipinski definition) is 1. The molecule has 0 saturated carbocycles. The molecule has 2 N–H and O–H groups in total. The van der Waals surface area contributed by atoms with E-state index in [1.165, 1.54) is 12.8 Å². The minimum Gasteiger partial charge on any atom is -0.384 e. The van der Waals surface area contributed by atoms with E-state index in [4.69, 9.17) is 10.7 Å². The zero-order valence-electron chi connectivity index (χ0n) is 11.9. The number of piperidine rings is 1. The number of aromatic nitrogens is 2. The fraction of sp³-hybridized carbons (Fsp3) is 0.714. The lowest BCUT2D eigenvalue weighted by Gasteiger charge is -2.32. The highest BCUT2D eigenvalue weighted by atomic mass is 15.2. The molecule has 0 amide bonds. The topological polar surface area (TPSA) is 55.0 Å². The van der Waals surface area contributed by atoms with Crippen molar-refractivity contribution in [2.75, 3.05) is 23.7 Å². The van der Waals surface area contributed by atoms with E-state index in [2.05, 4.69) is 37.6 Å². The Kier molecular flexibility index (Phi) is 3.46. The van der Waals surface area contributed by atoms with Gasteiger partial charge in [-0.3, -0.25) is 0 Å². The largest absolute Gasteiger partial charge is 0.384 e. The van der Waals surface area contributed by atoms with Crippen molar-refractivity contribution < 1.29 is 0 Å². The number of nitrogens with two attached hydrogens (primary N) is 1. The molecule has 0 aromatic carbocycles. The van der Waals surface area contributed by atoms with E-state index in [9.17, 15) is 0 Å². The smallest absolute Gasteiger partial charge is 0.138 e. The van der Waals surface area contributed by atoms with E-state index < -0.39 is 0 Å². The molecule has 1 saturated heterocycles. The van der Waals surface area contributed by atoms with Crippen LogP contribution in [0, 0.1) is 5.92 Å². The molecule has 2 rings (SSSR count). The predicted molar refractivity (Wildman–Crippen MR) is 75.8 cm³/mol. The second kappa shape index (κ2) is 4.75. The third-order valence-corrected chi connectivity index (χ3v) is 3.38. The van der Waals surface area contributed by atoms with Gasteiger partial charge in [-0.05, 0) is 18.8 Å². The van der Waals surface area contributed by atoms with Crippen molar-refractivity contribution >= 4 is 11.6 Å². The molecule has 1 unspecified atom stereocenters. The summed E-state index contributed by atoms with van der Waals surface area (Å²) in [6.07, 6.45) is 2.54. The SMILES string of the molecule is CC1CCCN(c2cc(N)nc(C(C)(C)C)n2)C1. The van der Waals surface area contributed by atoms with Crippen LogP contribution in [0.3, 0.4) is 0 Å². The molecular formula is C14H24N4. The molecule has 18 heavy (non-hydrogen) atoms. The molecule has 4 heteroatoms. The third-order valence-electron chi connectivity index (χ3n) is 3.38. The molecule has 100 valence electrons. The first-order chi connectivity index (χ1) is 8.36. The Labute approximate surface area is 110 Å². The lowest BCUT2D eigenvalue weighted by Crippen LogP contribution is -2.35. The molecule has 1 aliphatic rings. The maximum absolute atomic E-state index is 5.92. The maximum atomic E-state index is 5.92. The Morgan fingerprint density at radius 3 is 2.67 bits per heavy atom. The van der Waals surface area contributed by atoms with Crippen molar-refractivity contribution in [1.82, 2.24) is 9.97 Å². The van der Waals surface area contributed by atoms with E-state index in [0.29, 0.717) is 5.82 Å². The number of nitrogens with zero attached hydrogens (tertiary/aromatic N) is 3. The van der Waals surface area contributed by atoms with Crippen LogP contribution in [0.2, 0.25) is 0 Å². The summed E-state index contributed by atoms with van der Waals surface area (Å²) in [6.45, 7) is 10.8. The van der Waals surface area contributed by atoms with Gasteiger partial charge in [0.15, 0.2) is 0 Å². The Balaban J connectivity index is 2.30. The second-order valence-electron chi connectivity index (χ2n) is 6.42. The van der Waals surface area contributed by atoms with Crippen molar-refractivity contribution in [3.8, 4) is 0 Å². The van der Waals surface area contributed by atoms with Gasteiger partial charge in [0.05, 0.1) is 0 Å². The van der Waals surface area contributed by atoms with Gasteiger partial charge in [-0.1, -0.05) is 27.7 Å². The molecule has 1 atom stereocenters. The van der Waals surface area contributed by atoms with Gasteiger partial charge in [-0.15, -0.1) is 0 Å². The Hall–Kier alpha value is -1.32. The normalized spacial score (nSPS) is 21.1. The number of rotatable bonds is 1. The van der Waals surface area contributed by atoms with Crippen molar-refractivity contribution in [3.63, 3.8) is 0 Å². The van der Waals surface area contributed by atoms with E-state index in [1.807, 2.05) is 6.07 Å². The first kappa shape index (κ1) is 13.1. The summed E-state index contributed by atoms with van der Waals surface area (Å²) in [5.74, 6) is 3.12. The van der Waals surface area contributed by atoms with Crippen LogP contribution in [0.4, 0.5) is 11.6 Å². The van der Waals surface area contributed by atoms with E-state index in [-0.39, 0.29) is 5.41 Å². The second-order valence-corrected chi connectivity index (χ2v) is 6.42. The predicted octanol–water partition coefficient (Wildman–Crippen LogP) is 2.59. The van der Waals surface area contributed by atoms with Gasteiger partial charge >= 0.3 is 0 Å². The number of anilines is 2. The van der Waals surface area contributed by atoms with Crippen molar-refractivity contribution in [1.29, 1.82) is 0 Å². The minimum absolute atomic E-state index is 0.0640. The highest BCUT2D eigenvalue weighted by Gasteiger charge is 2.22. The van der Waals surface area contributed by atoms with Gasteiger partial charge in [0.1, 0.15) is 17.5 Å². The molecule has 1 aromatic heterocycles. The highest BCUT2D eigenvalue weighted by Crippen LogP contribution is 2.26. The lowest BCUT2D eigenvalue weighted by molar-refractivity contribution is 0.442. The number of hydrogen-bond acceptors (Lipinski definition) is 4. The number of nitrogen functional groups attached to an aromatic ring is 1. The quantitative estimate of drug-likeness (QED) is 0.830. The van der Waals surface area contributed by atoms with Gasteiger partial charge in [-0.25, -0.2) is 9.97 Å². The van der Waals surface area contributed by atoms with Crippen LogP contribution in [-0.4, -0.2) is 23.1 Å². The summed E-state index contributed by atoms with van der Waals surface area (Å²) in [4.78, 5) is 11.4. The highest BCUT2D eigenvalue weighted by molar-refractivity contribution is 5.48. The monoisotopic (exact) mass is 248 g/mol. The molecule has 2 heterocycles. The fourth-order valence-corrected chi connectivity index (χ4v) is 2.35. The van der Waals surface area contributed by atoms with Crippen LogP contribution >= 0.6 is 0 Å². The fourth-order valence-electron chi connectivity index (χ4n) is 2.35. The summed E-state index contributed by atoms with van der Waals surface area (Å²) in [5, 5.41) is 0. The van der Waals surface area contributed by atoms with Crippen LogP contribution in [0.15, 0.2) is 6.07 Å². The summed E-state index contributed by atoms with van der Waals surface area (Å²) < 4.78 is 0. The zero-order chi connectivity index (χ0) is 13.3. The molecule has 1 aliphatic heterocycles. The van der Waals surface area contributed by atoms with Gasteiger partial charge in [-0.2, -0.15) is 0 Å². The summed E-state index contributed by atoms with van der Waals surface area (Å²) in [6, 6.07) is 1.90. The van der Waals surface area contributed by atoms with Crippen LogP contribution in [-0.2, 0) is 5.41 Å². The third kappa shape index (κ3) is 2.92. The van der Waals surface area contributed by atoms with Crippen molar-refractivity contribution in [3.05, 3.63) is 11.9 Å². The molecule has 4 nitrogen and oxygen atoms in total. The molecule has 1 fully saturated rings. The van der Waals surface area contributed by atoms with E-state index in [1.54, 1.807) is 0 Å². The standard InChI is InChI=1S/C14H24N4/c1-10-6-5-7-18(9-10)12-8-11(15)16-13(17-12)14(2,3)4/h8,10H,5-7,9H2,1-4H3,(H2,15,16,17). The van der Waals surface area contributed by atoms with Gasteiger partial charge < -0.3 is 10.6 Å². The Morgan fingerprint density at radius 2 is 2.06 bits per heavy atom. The average Bonchev–Trinajstić information content (AvgIpc) is 2.27. The van der Waals surface area contributed by atoms with Gasteiger partial charge in [0, 0.05) is 24.6 Å². The van der Waals surface area contributed by atoms with Gasteiger partial charge in [0.25, 0.3) is 0 Å².